The molecule has 7 heteroatoms. The zero-order valence-corrected chi connectivity index (χ0v) is 14.9. The smallest absolute Gasteiger partial charge is 0.346 e. The van der Waals surface area contributed by atoms with Gasteiger partial charge in [0.1, 0.15) is 0 Å². The van der Waals surface area contributed by atoms with E-state index in [0.29, 0.717) is 13.1 Å². The topological polar surface area (TPSA) is 68.9 Å². The van der Waals surface area contributed by atoms with Gasteiger partial charge in [0.25, 0.3) is 0 Å². The minimum atomic E-state index is -0.0688. The molecule has 0 saturated heterocycles. The van der Waals surface area contributed by atoms with E-state index in [1.807, 2.05) is 22.1 Å². The Hall–Kier alpha value is -2.15. The maximum absolute atomic E-state index is 12.7. The molecular formula is C18H22N4O2S. The Balaban J connectivity index is 1.44. The van der Waals surface area contributed by atoms with E-state index < -0.39 is 0 Å². The first-order valence-electron chi connectivity index (χ1n) is 8.90. The Morgan fingerprint density at radius 1 is 1.32 bits per heavy atom. The Morgan fingerprint density at radius 3 is 2.88 bits per heavy atom. The van der Waals surface area contributed by atoms with Crippen molar-refractivity contribution in [1.29, 1.82) is 0 Å². The molecule has 4 rings (SSSR count). The number of carbonyl (C=O) groups excluding carboxylic acids is 1. The fourth-order valence-corrected chi connectivity index (χ4v) is 3.97. The molecule has 2 aliphatic rings. The third-order valence-electron chi connectivity index (χ3n) is 4.79. The summed E-state index contributed by atoms with van der Waals surface area (Å²) in [7, 11) is 0. The number of hydrogen-bond donors (Lipinski definition) is 1. The summed E-state index contributed by atoms with van der Waals surface area (Å²) in [6, 6.07) is 4.25. The highest BCUT2D eigenvalue weighted by Gasteiger charge is 2.30. The Labute approximate surface area is 150 Å². The molecule has 6 nitrogen and oxygen atoms in total. The Kier molecular flexibility index (Phi) is 4.57. The van der Waals surface area contributed by atoms with Crippen LogP contribution in [0.1, 0.15) is 38.1 Å². The fraction of sp³-hybridized carbons (Fsp3) is 0.500. The molecular weight excluding hydrogens is 336 g/mol. The summed E-state index contributed by atoms with van der Waals surface area (Å²) in [5.74, 6) is 0.899. The van der Waals surface area contributed by atoms with Crippen molar-refractivity contribution in [2.45, 2.75) is 44.7 Å². The second kappa shape index (κ2) is 7.00. The van der Waals surface area contributed by atoms with E-state index in [-0.39, 0.29) is 23.6 Å². The largest absolute Gasteiger partial charge is 0.354 e. The lowest BCUT2D eigenvalue weighted by molar-refractivity contribution is -0.125. The molecule has 1 amide bonds. The first-order chi connectivity index (χ1) is 12.2. The van der Waals surface area contributed by atoms with E-state index in [0.717, 1.165) is 42.8 Å². The van der Waals surface area contributed by atoms with Crippen molar-refractivity contribution >= 4 is 17.2 Å². The van der Waals surface area contributed by atoms with E-state index in [1.165, 1.54) is 4.68 Å². The molecule has 25 heavy (non-hydrogen) atoms. The van der Waals surface area contributed by atoms with E-state index in [4.69, 9.17) is 0 Å². The second-order valence-electron chi connectivity index (χ2n) is 6.68. The number of thiophene rings is 1. The standard InChI is InChI=1S/C18H22N4O2S/c23-17(13-5-2-1-3-6-13)19-10-11-21-18(24)22(14-8-9-14)16(20-21)15-7-4-12-25-15/h1-2,4,7,12-14H,3,5-6,8-11H2,(H,19,23)/t13-/m1/s1. The van der Waals surface area contributed by atoms with Crippen LogP contribution in [0.5, 0.6) is 0 Å². The van der Waals surface area contributed by atoms with Gasteiger partial charge in [-0.2, -0.15) is 0 Å². The van der Waals surface area contributed by atoms with Gasteiger partial charge in [0.05, 0.1) is 11.4 Å². The van der Waals surface area contributed by atoms with Gasteiger partial charge in [0.2, 0.25) is 5.91 Å². The van der Waals surface area contributed by atoms with Gasteiger partial charge in [-0.25, -0.2) is 9.48 Å². The van der Waals surface area contributed by atoms with Crippen molar-refractivity contribution in [3.63, 3.8) is 0 Å². The fourth-order valence-electron chi connectivity index (χ4n) is 3.26. The van der Waals surface area contributed by atoms with Crippen LogP contribution < -0.4 is 11.0 Å². The summed E-state index contributed by atoms with van der Waals surface area (Å²) in [5.41, 5.74) is -0.0688. The number of nitrogens with one attached hydrogen (secondary N) is 1. The van der Waals surface area contributed by atoms with Gasteiger partial charge in [-0.15, -0.1) is 16.4 Å². The third kappa shape index (κ3) is 3.46. The predicted molar refractivity (Wildman–Crippen MR) is 97.6 cm³/mol. The van der Waals surface area contributed by atoms with Crippen LogP contribution in [0, 0.1) is 5.92 Å². The molecule has 0 radical (unpaired) electrons. The van der Waals surface area contributed by atoms with Gasteiger partial charge < -0.3 is 5.32 Å². The molecule has 132 valence electrons. The lowest BCUT2D eigenvalue weighted by atomic mass is 9.94. The Morgan fingerprint density at radius 2 is 2.20 bits per heavy atom. The molecule has 1 saturated carbocycles. The molecule has 1 fully saturated rings. The zero-order valence-electron chi connectivity index (χ0n) is 14.1. The molecule has 0 unspecified atom stereocenters. The van der Waals surface area contributed by atoms with Gasteiger partial charge in [0, 0.05) is 18.5 Å². The molecule has 2 aromatic rings. The van der Waals surface area contributed by atoms with Crippen LogP contribution in [0.4, 0.5) is 0 Å². The number of allylic oxidation sites excluding steroid dienone is 2. The maximum Gasteiger partial charge on any atom is 0.346 e. The molecule has 1 N–H and O–H groups in total. The van der Waals surface area contributed by atoms with Crippen LogP contribution in [0.2, 0.25) is 0 Å². The minimum Gasteiger partial charge on any atom is -0.354 e. The van der Waals surface area contributed by atoms with Gasteiger partial charge >= 0.3 is 5.69 Å². The van der Waals surface area contributed by atoms with Crippen molar-refractivity contribution in [1.82, 2.24) is 19.7 Å². The predicted octanol–water partition coefficient (Wildman–Crippen LogP) is 2.58. The van der Waals surface area contributed by atoms with Crippen molar-refractivity contribution < 1.29 is 4.79 Å². The first-order valence-corrected chi connectivity index (χ1v) is 9.78. The monoisotopic (exact) mass is 358 g/mol. The van der Waals surface area contributed by atoms with Crippen molar-refractivity contribution in [3.05, 3.63) is 40.1 Å². The first kappa shape index (κ1) is 16.3. The summed E-state index contributed by atoms with van der Waals surface area (Å²) in [6.07, 6.45) is 8.95. The van der Waals surface area contributed by atoms with Crippen molar-refractivity contribution in [2.75, 3.05) is 6.54 Å². The van der Waals surface area contributed by atoms with E-state index >= 15 is 0 Å². The van der Waals surface area contributed by atoms with Gasteiger partial charge in [-0.05, 0) is 43.6 Å². The van der Waals surface area contributed by atoms with Crippen LogP contribution in [0.15, 0.2) is 34.5 Å². The highest BCUT2D eigenvalue weighted by atomic mass is 32.1. The highest BCUT2D eigenvalue weighted by molar-refractivity contribution is 7.13. The zero-order chi connectivity index (χ0) is 17.2. The van der Waals surface area contributed by atoms with Crippen LogP contribution in [-0.4, -0.2) is 26.8 Å². The van der Waals surface area contributed by atoms with E-state index in [9.17, 15) is 9.59 Å². The number of carbonyl (C=O) groups is 1. The maximum atomic E-state index is 12.7. The van der Waals surface area contributed by atoms with Crippen LogP contribution in [0.25, 0.3) is 10.7 Å². The highest BCUT2D eigenvalue weighted by Crippen LogP contribution is 2.37. The number of hydrogen-bond acceptors (Lipinski definition) is 4. The molecule has 0 aliphatic heterocycles. The van der Waals surface area contributed by atoms with Crippen molar-refractivity contribution in [2.24, 2.45) is 5.92 Å². The molecule has 0 bridgehead atoms. The van der Waals surface area contributed by atoms with Crippen LogP contribution >= 0.6 is 11.3 Å². The Bertz CT molecular complexity index is 830. The summed E-state index contributed by atoms with van der Waals surface area (Å²) in [5, 5.41) is 9.49. The minimum absolute atomic E-state index is 0.0624. The van der Waals surface area contributed by atoms with E-state index in [2.05, 4.69) is 22.6 Å². The quantitative estimate of drug-likeness (QED) is 0.807. The third-order valence-corrected chi connectivity index (χ3v) is 5.65. The van der Waals surface area contributed by atoms with Gasteiger partial charge in [-0.3, -0.25) is 9.36 Å². The average molecular weight is 358 g/mol. The SMILES string of the molecule is O=C(NCCn1nc(-c2cccs2)n(C2CC2)c1=O)[C@@H]1CC=CCC1. The molecule has 2 aliphatic carbocycles. The number of nitrogens with zero attached hydrogens (tertiary/aromatic N) is 3. The summed E-state index contributed by atoms with van der Waals surface area (Å²) >= 11 is 1.59. The second-order valence-corrected chi connectivity index (χ2v) is 7.63. The summed E-state index contributed by atoms with van der Waals surface area (Å²) in [6.45, 7) is 0.843. The molecule has 2 aromatic heterocycles. The molecule has 2 heterocycles. The van der Waals surface area contributed by atoms with Gasteiger partial charge in [0.15, 0.2) is 5.82 Å². The molecule has 1 atom stereocenters. The van der Waals surface area contributed by atoms with Crippen molar-refractivity contribution in [3.8, 4) is 10.7 Å². The number of rotatable bonds is 6. The van der Waals surface area contributed by atoms with Crippen LogP contribution in [-0.2, 0) is 11.3 Å². The number of amides is 1. The molecule has 0 spiro atoms. The summed E-state index contributed by atoms with van der Waals surface area (Å²) < 4.78 is 3.31. The average Bonchev–Trinajstić information content (AvgIpc) is 3.21. The van der Waals surface area contributed by atoms with Gasteiger partial charge in [-0.1, -0.05) is 18.2 Å². The van der Waals surface area contributed by atoms with Crippen LogP contribution in [0.3, 0.4) is 0 Å². The lowest BCUT2D eigenvalue weighted by Gasteiger charge is -2.16. The lowest BCUT2D eigenvalue weighted by Crippen LogP contribution is -2.35. The summed E-state index contributed by atoms with van der Waals surface area (Å²) in [4.78, 5) is 25.9. The molecule has 0 aromatic carbocycles. The number of aromatic nitrogens is 3. The normalized spacial score (nSPS) is 19.9. The van der Waals surface area contributed by atoms with E-state index in [1.54, 1.807) is 11.3 Å².